The van der Waals surface area contributed by atoms with Crippen LogP contribution in [-0.2, 0) is 24.3 Å². The molecule has 1 saturated carbocycles. The molecule has 2 heterocycles. The molecule has 28 heavy (non-hydrogen) atoms. The average Bonchev–Trinajstić information content (AvgIpc) is 3.16. The summed E-state index contributed by atoms with van der Waals surface area (Å²) in [7, 11) is 0. The monoisotopic (exact) mass is 386 g/mol. The van der Waals surface area contributed by atoms with Crippen LogP contribution in [0.4, 0.5) is 0 Å². The van der Waals surface area contributed by atoms with Crippen LogP contribution < -0.4 is 16.2 Å². The molecular formula is C20H26N4O4. The van der Waals surface area contributed by atoms with Crippen LogP contribution in [0.15, 0.2) is 33.7 Å². The fourth-order valence-corrected chi connectivity index (χ4v) is 3.34. The molecule has 2 aromatic heterocycles. The first-order valence-electron chi connectivity index (χ1n) is 9.77. The molecule has 0 aliphatic heterocycles. The van der Waals surface area contributed by atoms with Crippen LogP contribution in [-0.4, -0.2) is 27.6 Å². The van der Waals surface area contributed by atoms with Gasteiger partial charge in [0.2, 0.25) is 5.91 Å². The third-order valence-corrected chi connectivity index (χ3v) is 4.92. The van der Waals surface area contributed by atoms with E-state index >= 15 is 0 Å². The Hall–Kier alpha value is -2.90. The third-order valence-electron chi connectivity index (χ3n) is 4.92. The number of carbonyl (C=O) groups is 2. The zero-order valence-corrected chi connectivity index (χ0v) is 16.1. The van der Waals surface area contributed by atoms with Gasteiger partial charge in [-0.2, -0.15) is 0 Å². The van der Waals surface area contributed by atoms with Crippen LogP contribution in [0.1, 0.15) is 60.8 Å². The second kappa shape index (κ2) is 9.34. The number of hydrogen-bond acceptors (Lipinski definition) is 5. The summed E-state index contributed by atoms with van der Waals surface area (Å²) >= 11 is 0. The van der Waals surface area contributed by atoms with Gasteiger partial charge in [0.25, 0.3) is 11.5 Å². The molecule has 2 N–H and O–H groups in total. The zero-order chi connectivity index (χ0) is 19.9. The maximum absolute atomic E-state index is 12.4. The van der Waals surface area contributed by atoms with Crippen molar-refractivity contribution in [2.75, 3.05) is 0 Å². The van der Waals surface area contributed by atoms with Crippen LogP contribution in [0.3, 0.4) is 0 Å². The van der Waals surface area contributed by atoms with Crippen molar-refractivity contribution < 1.29 is 14.1 Å². The second-order valence-electron chi connectivity index (χ2n) is 7.11. The van der Waals surface area contributed by atoms with Crippen LogP contribution in [0.25, 0.3) is 0 Å². The highest BCUT2D eigenvalue weighted by Crippen LogP contribution is 2.17. The maximum Gasteiger partial charge on any atom is 0.253 e. The number of rotatable bonds is 7. The molecule has 8 nitrogen and oxygen atoms in total. The van der Waals surface area contributed by atoms with E-state index in [2.05, 4.69) is 15.8 Å². The molecule has 3 rings (SSSR count). The maximum atomic E-state index is 12.4. The van der Waals surface area contributed by atoms with Gasteiger partial charge in [0.05, 0.1) is 17.8 Å². The van der Waals surface area contributed by atoms with E-state index in [1.54, 1.807) is 6.07 Å². The van der Waals surface area contributed by atoms with Crippen LogP contribution >= 0.6 is 0 Å². The summed E-state index contributed by atoms with van der Waals surface area (Å²) in [6.45, 7) is 2.07. The molecule has 0 spiro atoms. The highest BCUT2D eigenvalue weighted by molar-refractivity contribution is 5.93. The predicted octanol–water partition coefficient (Wildman–Crippen LogP) is 1.78. The molecule has 0 bridgehead atoms. The molecule has 1 aliphatic rings. The Labute approximate surface area is 163 Å². The summed E-state index contributed by atoms with van der Waals surface area (Å²) in [6.07, 6.45) is 7.56. The lowest BCUT2D eigenvalue weighted by Crippen LogP contribution is -2.40. The lowest BCUT2D eigenvalue weighted by molar-refractivity contribution is -0.122. The first-order valence-corrected chi connectivity index (χ1v) is 9.77. The summed E-state index contributed by atoms with van der Waals surface area (Å²) in [5.74, 6) is 0.00146. The van der Waals surface area contributed by atoms with Gasteiger partial charge < -0.3 is 19.7 Å². The standard InChI is InChI=1S/C20H26N4O4/c1-2-15-10-17(28-23-15)11-21-20(27)14-8-9-19(26)24(12-14)13-18(25)22-16-6-4-3-5-7-16/h8-10,12,16H,2-7,11,13H2,1H3,(H,21,27)(H,22,25). The highest BCUT2D eigenvalue weighted by atomic mass is 16.5. The number of aromatic nitrogens is 2. The van der Waals surface area contributed by atoms with Gasteiger partial charge in [0, 0.05) is 24.4 Å². The number of nitrogens with zero attached hydrogens (tertiary/aromatic N) is 2. The molecule has 0 atom stereocenters. The number of carbonyl (C=O) groups excluding carboxylic acids is 2. The van der Waals surface area contributed by atoms with Crippen molar-refractivity contribution in [3.05, 3.63) is 51.8 Å². The SMILES string of the molecule is CCc1cc(CNC(=O)c2ccc(=O)n(CC(=O)NC3CCCCC3)c2)on1. The van der Waals surface area contributed by atoms with E-state index in [4.69, 9.17) is 4.52 Å². The van der Waals surface area contributed by atoms with Gasteiger partial charge in [-0.25, -0.2) is 0 Å². The van der Waals surface area contributed by atoms with Gasteiger partial charge in [0.15, 0.2) is 5.76 Å². The minimum Gasteiger partial charge on any atom is -0.359 e. The quantitative estimate of drug-likeness (QED) is 0.754. The lowest BCUT2D eigenvalue weighted by atomic mass is 9.95. The van der Waals surface area contributed by atoms with Crippen LogP contribution in [0.5, 0.6) is 0 Å². The first-order chi connectivity index (χ1) is 13.5. The molecule has 2 amide bonds. The number of amides is 2. The molecule has 0 unspecified atom stereocenters. The first kappa shape index (κ1) is 19.9. The number of nitrogens with one attached hydrogen (secondary N) is 2. The Morgan fingerprint density at radius 1 is 1.25 bits per heavy atom. The van der Waals surface area contributed by atoms with E-state index in [9.17, 15) is 14.4 Å². The molecule has 0 aromatic carbocycles. The van der Waals surface area contributed by atoms with E-state index in [1.165, 1.54) is 29.3 Å². The van der Waals surface area contributed by atoms with Gasteiger partial charge in [-0.3, -0.25) is 14.4 Å². The molecule has 8 heteroatoms. The fourth-order valence-electron chi connectivity index (χ4n) is 3.34. The van der Waals surface area contributed by atoms with E-state index in [0.717, 1.165) is 37.8 Å². The van der Waals surface area contributed by atoms with Gasteiger partial charge >= 0.3 is 0 Å². The summed E-state index contributed by atoms with van der Waals surface area (Å²) in [5, 5.41) is 9.58. The largest absolute Gasteiger partial charge is 0.359 e. The number of pyridine rings is 1. The molecule has 1 fully saturated rings. The Bertz CT molecular complexity index is 880. The molecule has 0 radical (unpaired) electrons. The topological polar surface area (TPSA) is 106 Å². The Kier molecular flexibility index (Phi) is 6.62. The Morgan fingerprint density at radius 3 is 2.75 bits per heavy atom. The highest BCUT2D eigenvalue weighted by Gasteiger charge is 2.16. The van der Waals surface area contributed by atoms with Crippen molar-refractivity contribution >= 4 is 11.8 Å². The predicted molar refractivity (Wildman–Crippen MR) is 103 cm³/mol. The molecule has 0 saturated heterocycles. The van der Waals surface area contributed by atoms with Crippen LogP contribution in [0.2, 0.25) is 0 Å². The van der Waals surface area contributed by atoms with Crippen molar-refractivity contribution in [3.8, 4) is 0 Å². The fraction of sp³-hybridized carbons (Fsp3) is 0.500. The number of hydrogen-bond donors (Lipinski definition) is 2. The molecule has 2 aromatic rings. The Balaban J connectivity index is 1.59. The average molecular weight is 386 g/mol. The summed E-state index contributed by atoms with van der Waals surface area (Å²) in [4.78, 5) is 36.7. The lowest BCUT2D eigenvalue weighted by Gasteiger charge is -2.22. The van der Waals surface area contributed by atoms with Gasteiger partial charge in [-0.05, 0) is 25.3 Å². The van der Waals surface area contributed by atoms with Crippen molar-refractivity contribution in [2.45, 2.75) is 64.6 Å². The van der Waals surface area contributed by atoms with E-state index in [1.807, 2.05) is 6.92 Å². The minimum absolute atomic E-state index is 0.0988. The molecular weight excluding hydrogens is 360 g/mol. The van der Waals surface area contributed by atoms with E-state index in [0.29, 0.717) is 11.3 Å². The number of aryl methyl sites for hydroxylation is 1. The smallest absolute Gasteiger partial charge is 0.253 e. The third kappa shape index (κ3) is 5.31. The molecule has 1 aliphatic carbocycles. The zero-order valence-electron chi connectivity index (χ0n) is 16.1. The van der Waals surface area contributed by atoms with Crippen LogP contribution in [0, 0.1) is 0 Å². The van der Waals surface area contributed by atoms with Crippen molar-refractivity contribution in [2.24, 2.45) is 0 Å². The summed E-state index contributed by atoms with van der Waals surface area (Å²) < 4.78 is 6.40. The molecule has 150 valence electrons. The normalized spacial score (nSPS) is 14.6. The van der Waals surface area contributed by atoms with Gasteiger partial charge in [-0.15, -0.1) is 0 Å². The van der Waals surface area contributed by atoms with E-state index < -0.39 is 0 Å². The van der Waals surface area contributed by atoms with Crippen molar-refractivity contribution in [1.82, 2.24) is 20.4 Å². The minimum atomic E-state index is -0.351. The van der Waals surface area contributed by atoms with Crippen molar-refractivity contribution in [3.63, 3.8) is 0 Å². The van der Waals surface area contributed by atoms with E-state index in [-0.39, 0.29) is 36.5 Å². The van der Waals surface area contributed by atoms with Gasteiger partial charge in [-0.1, -0.05) is 31.3 Å². The Morgan fingerprint density at radius 2 is 2.04 bits per heavy atom. The summed E-state index contributed by atoms with van der Waals surface area (Å²) in [5.41, 5.74) is 0.806. The second-order valence-corrected chi connectivity index (χ2v) is 7.11. The van der Waals surface area contributed by atoms with Crippen molar-refractivity contribution in [1.29, 1.82) is 0 Å². The summed E-state index contributed by atoms with van der Waals surface area (Å²) in [6, 6.07) is 4.72. The van der Waals surface area contributed by atoms with Gasteiger partial charge in [0.1, 0.15) is 6.54 Å².